The van der Waals surface area contributed by atoms with Crippen LogP contribution in [0, 0.1) is 12.7 Å². The van der Waals surface area contributed by atoms with Gasteiger partial charge >= 0.3 is 0 Å². The van der Waals surface area contributed by atoms with Gasteiger partial charge in [-0.2, -0.15) is 4.99 Å². The maximum absolute atomic E-state index is 14.1. The molecule has 2 aromatic rings. The third kappa shape index (κ3) is 4.34. The van der Waals surface area contributed by atoms with Gasteiger partial charge in [0.1, 0.15) is 5.82 Å². The number of hydrogen-bond donors (Lipinski definition) is 0. The molecule has 2 aromatic carbocycles. The highest BCUT2D eigenvalue weighted by Crippen LogP contribution is 2.41. The van der Waals surface area contributed by atoms with Crippen LogP contribution in [0.4, 0.5) is 10.1 Å². The Hall–Kier alpha value is -1.90. The fourth-order valence-electron chi connectivity index (χ4n) is 3.64. The van der Waals surface area contributed by atoms with Crippen molar-refractivity contribution in [2.45, 2.75) is 24.6 Å². The van der Waals surface area contributed by atoms with Crippen LogP contribution in [0.5, 0.6) is 0 Å². The number of carbonyl (C=O) groups is 1. The minimum absolute atomic E-state index is 0.0139. The topological polar surface area (TPSA) is 66.8 Å². The van der Waals surface area contributed by atoms with Gasteiger partial charge in [-0.15, -0.1) is 0 Å². The lowest BCUT2D eigenvalue weighted by molar-refractivity contribution is -0.117. The SMILES string of the molecule is Cc1cccc(CC(=O)N=C2S[C@@H]3CS(=O)(=O)C[C@H]3N2c2ccc(Cl)c(F)c2)c1. The second-order valence-corrected chi connectivity index (χ2v) is 11.0. The Bertz CT molecular complexity index is 1120. The number of thioether (sulfide) groups is 1. The second-order valence-electron chi connectivity index (χ2n) is 7.22. The number of amides is 1. The largest absolute Gasteiger partial charge is 0.315 e. The third-order valence-corrected chi connectivity index (χ3v) is 8.42. The second kappa shape index (κ2) is 7.74. The van der Waals surface area contributed by atoms with Crippen LogP contribution in [0.3, 0.4) is 0 Å². The van der Waals surface area contributed by atoms with Crippen molar-refractivity contribution in [2.24, 2.45) is 4.99 Å². The summed E-state index contributed by atoms with van der Waals surface area (Å²) in [6.45, 7) is 1.95. The molecule has 0 aromatic heterocycles. The highest BCUT2D eigenvalue weighted by atomic mass is 35.5. The summed E-state index contributed by atoms with van der Waals surface area (Å²) in [5.41, 5.74) is 2.34. The zero-order chi connectivity index (χ0) is 20.8. The maximum atomic E-state index is 14.1. The van der Waals surface area contributed by atoms with Gasteiger partial charge in [0.05, 0.1) is 29.0 Å². The van der Waals surface area contributed by atoms with Crippen molar-refractivity contribution >= 4 is 50.0 Å². The standard InChI is InChI=1S/C20H18ClFN2O3S2/c1-12-3-2-4-13(7-12)8-19(25)23-20-24(14-5-6-15(21)16(22)9-14)17-10-29(26,27)11-18(17)28-20/h2-7,9,17-18H,8,10-11H2,1H3/t17-,18-/m1/s1. The molecule has 152 valence electrons. The molecular weight excluding hydrogens is 435 g/mol. The number of aryl methyl sites for hydroxylation is 1. The lowest BCUT2D eigenvalue weighted by Crippen LogP contribution is -2.37. The Balaban J connectivity index is 1.66. The Morgan fingerprint density at radius 2 is 2.07 bits per heavy atom. The van der Waals surface area contributed by atoms with Crippen molar-refractivity contribution in [1.82, 2.24) is 0 Å². The highest BCUT2D eigenvalue weighted by Gasteiger charge is 2.49. The number of rotatable bonds is 3. The van der Waals surface area contributed by atoms with Crippen LogP contribution in [0.25, 0.3) is 0 Å². The van der Waals surface area contributed by atoms with Crippen LogP contribution in [-0.2, 0) is 21.1 Å². The van der Waals surface area contributed by atoms with E-state index in [4.69, 9.17) is 11.6 Å². The average molecular weight is 453 g/mol. The summed E-state index contributed by atoms with van der Waals surface area (Å²) in [7, 11) is -3.19. The summed E-state index contributed by atoms with van der Waals surface area (Å²) in [5, 5.41) is 0.128. The summed E-state index contributed by atoms with van der Waals surface area (Å²) < 4.78 is 38.3. The van der Waals surface area contributed by atoms with E-state index in [1.165, 1.54) is 23.9 Å². The van der Waals surface area contributed by atoms with Crippen LogP contribution < -0.4 is 4.90 Å². The molecule has 0 bridgehead atoms. The number of benzene rings is 2. The summed E-state index contributed by atoms with van der Waals surface area (Å²) in [4.78, 5) is 18.5. The normalized spacial score (nSPS) is 24.1. The molecule has 0 radical (unpaired) electrons. The number of nitrogens with zero attached hydrogens (tertiary/aromatic N) is 2. The number of amidine groups is 1. The summed E-state index contributed by atoms with van der Waals surface area (Å²) >= 11 is 7.05. The molecule has 0 spiro atoms. The molecule has 0 saturated carbocycles. The molecule has 0 unspecified atom stereocenters. The number of aliphatic imine (C=N–C) groups is 1. The van der Waals surface area contributed by atoms with Crippen LogP contribution in [0.1, 0.15) is 11.1 Å². The molecule has 0 aliphatic carbocycles. The first-order valence-corrected chi connectivity index (χ1v) is 12.1. The van der Waals surface area contributed by atoms with Crippen molar-refractivity contribution in [3.63, 3.8) is 0 Å². The highest BCUT2D eigenvalue weighted by molar-refractivity contribution is 8.16. The van der Waals surface area contributed by atoms with E-state index in [9.17, 15) is 17.6 Å². The molecule has 2 aliphatic heterocycles. The van der Waals surface area contributed by atoms with E-state index in [0.717, 1.165) is 11.1 Å². The van der Waals surface area contributed by atoms with Crippen LogP contribution in [0.15, 0.2) is 47.5 Å². The van der Waals surface area contributed by atoms with Gasteiger partial charge in [0.2, 0.25) is 0 Å². The molecule has 4 rings (SSSR count). The van der Waals surface area contributed by atoms with E-state index in [0.29, 0.717) is 10.9 Å². The first-order valence-electron chi connectivity index (χ1n) is 9.00. The molecule has 2 heterocycles. The third-order valence-electron chi connectivity index (χ3n) is 4.91. The predicted octanol–water partition coefficient (Wildman–Crippen LogP) is 3.63. The van der Waals surface area contributed by atoms with Gasteiger partial charge in [0.15, 0.2) is 15.0 Å². The fourth-order valence-corrected chi connectivity index (χ4v) is 7.69. The number of anilines is 1. The Kier molecular flexibility index (Phi) is 5.44. The van der Waals surface area contributed by atoms with Crippen molar-refractivity contribution in [3.8, 4) is 0 Å². The molecule has 2 atom stereocenters. The summed E-state index contributed by atoms with van der Waals surface area (Å²) in [6, 6.07) is 11.5. The Morgan fingerprint density at radius 3 is 2.79 bits per heavy atom. The van der Waals surface area contributed by atoms with Crippen molar-refractivity contribution < 1.29 is 17.6 Å². The quantitative estimate of drug-likeness (QED) is 0.711. The number of halogens is 2. The van der Waals surface area contributed by atoms with E-state index in [2.05, 4.69) is 4.99 Å². The lowest BCUT2D eigenvalue weighted by Gasteiger charge is -2.24. The zero-order valence-corrected chi connectivity index (χ0v) is 17.9. The van der Waals surface area contributed by atoms with E-state index in [1.807, 2.05) is 31.2 Å². The van der Waals surface area contributed by atoms with Crippen molar-refractivity contribution in [3.05, 3.63) is 64.4 Å². The van der Waals surface area contributed by atoms with E-state index in [1.54, 1.807) is 11.0 Å². The smallest absolute Gasteiger partial charge is 0.252 e. The Labute approximate surface area is 177 Å². The molecule has 1 amide bonds. The van der Waals surface area contributed by atoms with Gasteiger partial charge in [-0.05, 0) is 30.7 Å². The molecule has 2 aliphatic rings. The molecule has 5 nitrogen and oxygen atoms in total. The molecular formula is C20H18ClFN2O3S2. The number of sulfone groups is 1. The maximum Gasteiger partial charge on any atom is 0.252 e. The first-order chi connectivity index (χ1) is 13.7. The van der Waals surface area contributed by atoms with Gasteiger partial charge in [0, 0.05) is 10.9 Å². The molecule has 29 heavy (non-hydrogen) atoms. The molecule has 0 N–H and O–H groups in total. The number of carbonyl (C=O) groups excluding carboxylic acids is 1. The summed E-state index contributed by atoms with van der Waals surface area (Å²) in [6.07, 6.45) is 0.141. The molecule has 2 saturated heterocycles. The van der Waals surface area contributed by atoms with Crippen molar-refractivity contribution in [1.29, 1.82) is 0 Å². The minimum Gasteiger partial charge on any atom is -0.315 e. The van der Waals surface area contributed by atoms with Gasteiger partial charge in [-0.25, -0.2) is 12.8 Å². The van der Waals surface area contributed by atoms with Crippen LogP contribution >= 0.6 is 23.4 Å². The Morgan fingerprint density at radius 1 is 1.28 bits per heavy atom. The van der Waals surface area contributed by atoms with Crippen LogP contribution in [-0.4, -0.2) is 42.3 Å². The van der Waals surface area contributed by atoms with Crippen LogP contribution in [0.2, 0.25) is 5.02 Å². The first kappa shape index (κ1) is 20.4. The van der Waals surface area contributed by atoms with E-state index < -0.39 is 21.7 Å². The van der Waals surface area contributed by atoms with Gasteiger partial charge < -0.3 is 4.90 Å². The van der Waals surface area contributed by atoms with E-state index >= 15 is 0 Å². The van der Waals surface area contributed by atoms with E-state index in [-0.39, 0.29) is 34.1 Å². The van der Waals surface area contributed by atoms with Gasteiger partial charge in [-0.1, -0.05) is 53.2 Å². The predicted molar refractivity (Wildman–Crippen MR) is 115 cm³/mol. The van der Waals surface area contributed by atoms with Crippen molar-refractivity contribution in [2.75, 3.05) is 16.4 Å². The lowest BCUT2D eigenvalue weighted by atomic mass is 10.1. The zero-order valence-electron chi connectivity index (χ0n) is 15.5. The summed E-state index contributed by atoms with van der Waals surface area (Å²) in [5.74, 6) is -0.982. The fraction of sp³-hybridized carbons (Fsp3) is 0.300. The number of hydrogen-bond acceptors (Lipinski definition) is 4. The van der Waals surface area contributed by atoms with Gasteiger partial charge in [0.25, 0.3) is 5.91 Å². The minimum atomic E-state index is -3.19. The average Bonchev–Trinajstić information content (AvgIpc) is 3.08. The number of fused-ring (bicyclic) bond motifs is 1. The molecule has 2 fully saturated rings. The molecule has 9 heteroatoms. The monoisotopic (exact) mass is 452 g/mol. The van der Waals surface area contributed by atoms with Gasteiger partial charge in [-0.3, -0.25) is 4.79 Å².